The lowest BCUT2D eigenvalue weighted by molar-refractivity contribution is -0.140. The topological polar surface area (TPSA) is 41.6 Å². The monoisotopic (exact) mass is 268 g/mol. The zero-order valence-electron chi connectivity index (χ0n) is 12.4. The summed E-state index contributed by atoms with van der Waals surface area (Å²) in [5.41, 5.74) is 0. The van der Waals surface area contributed by atoms with Gasteiger partial charge in [0.05, 0.1) is 6.04 Å². The van der Waals surface area contributed by atoms with E-state index in [2.05, 4.69) is 24.1 Å². The Kier molecular flexibility index (Phi) is 5.64. The highest BCUT2D eigenvalue weighted by molar-refractivity contribution is 5.82. The molecule has 0 aromatic carbocycles. The third kappa shape index (κ3) is 3.69. The summed E-state index contributed by atoms with van der Waals surface area (Å²) in [6.45, 7) is 7.94. The summed E-state index contributed by atoms with van der Waals surface area (Å²) >= 11 is 0. The second-order valence-corrected chi connectivity index (χ2v) is 5.87. The van der Waals surface area contributed by atoms with Gasteiger partial charge in [0.15, 0.2) is 0 Å². The van der Waals surface area contributed by atoms with Crippen LogP contribution in [0, 0.1) is 5.92 Å². The van der Waals surface area contributed by atoms with Crippen molar-refractivity contribution in [2.45, 2.75) is 58.0 Å². The molecular formula is C15H28N2O2. The minimum atomic E-state index is 0.0518. The smallest absolute Gasteiger partial charge is 0.239 e. The molecule has 0 saturated carbocycles. The molecule has 0 radical (unpaired) electrons. The van der Waals surface area contributed by atoms with Gasteiger partial charge in [0, 0.05) is 25.8 Å². The van der Waals surface area contributed by atoms with E-state index in [1.54, 1.807) is 0 Å². The van der Waals surface area contributed by atoms with Crippen LogP contribution in [0.25, 0.3) is 0 Å². The van der Waals surface area contributed by atoms with Crippen molar-refractivity contribution in [2.75, 3.05) is 26.3 Å². The van der Waals surface area contributed by atoms with Gasteiger partial charge in [-0.15, -0.1) is 0 Å². The zero-order valence-corrected chi connectivity index (χ0v) is 12.4. The molecule has 19 heavy (non-hydrogen) atoms. The van der Waals surface area contributed by atoms with E-state index in [1.807, 2.05) is 0 Å². The van der Waals surface area contributed by atoms with Crippen LogP contribution in [0.4, 0.5) is 0 Å². The summed E-state index contributed by atoms with van der Waals surface area (Å²) in [4.78, 5) is 14.7. The van der Waals surface area contributed by atoms with Crippen molar-refractivity contribution in [3.05, 3.63) is 0 Å². The van der Waals surface area contributed by atoms with Gasteiger partial charge in [0.1, 0.15) is 0 Å². The number of carbonyl (C=O) groups excluding carboxylic acids is 1. The van der Waals surface area contributed by atoms with Crippen molar-refractivity contribution in [3.63, 3.8) is 0 Å². The zero-order chi connectivity index (χ0) is 13.7. The van der Waals surface area contributed by atoms with E-state index < -0.39 is 0 Å². The summed E-state index contributed by atoms with van der Waals surface area (Å²) in [7, 11) is 0. The molecule has 2 aliphatic heterocycles. The lowest BCUT2D eigenvalue weighted by Gasteiger charge is -2.41. The first-order valence-electron chi connectivity index (χ1n) is 7.85. The SMILES string of the molecule is CCCNC1CCCN(C(C)C2CCOCC2)C1=O. The van der Waals surface area contributed by atoms with Gasteiger partial charge >= 0.3 is 0 Å². The Morgan fingerprint density at radius 1 is 1.37 bits per heavy atom. The fraction of sp³-hybridized carbons (Fsp3) is 0.933. The maximum atomic E-state index is 12.5. The first kappa shape index (κ1) is 14.8. The van der Waals surface area contributed by atoms with Crippen LogP contribution in [0.5, 0.6) is 0 Å². The van der Waals surface area contributed by atoms with E-state index in [9.17, 15) is 4.79 Å². The number of piperidine rings is 1. The molecule has 2 heterocycles. The average Bonchev–Trinajstić information content (AvgIpc) is 2.46. The fourth-order valence-electron chi connectivity index (χ4n) is 3.26. The second kappa shape index (κ2) is 7.25. The molecule has 2 fully saturated rings. The normalized spacial score (nSPS) is 27.6. The van der Waals surface area contributed by atoms with Crippen LogP contribution in [-0.4, -0.2) is 49.2 Å². The third-order valence-electron chi connectivity index (χ3n) is 4.55. The fourth-order valence-corrected chi connectivity index (χ4v) is 3.26. The molecule has 2 rings (SSSR count). The molecule has 1 N–H and O–H groups in total. The van der Waals surface area contributed by atoms with Crippen LogP contribution < -0.4 is 5.32 Å². The van der Waals surface area contributed by atoms with Crippen molar-refractivity contribution < 1.29 is 9.53 Å². The van der Waals surface area contributed by atoms with Gasteiger partial charge in [0.25, 0.3) is 0 Å². The molecule has 4 nitrogen and oxygen atoms in total. The number of carbonyl (C=O) groups is 1. The number of amides is 1. The summed E-state index contributed by atoms with van der Waals surface area (Å²) in [5.74, 6) is 0.932. The van der Waals surface area contributed by atoms with Crippen molar-refractivity contribution in [2.24, 2.45) is 5.92 Å². The lowest BCUT2D eigenvalue weighted by Crippen LogP contribution is -2.55. The van der Waals surface area contributed by atoms with Gasteiger partial charge in [-0.3, -0.25) is 4.79 Å². The summed E-state index contributed by atoms with van der Waals surface area (Å²) < 4.78 is 5.42. The molecular weight excluding hydrogens is 240 g/mol. The van der Waals surface area contributed by atoms with Gasteiger partial charge in [-0.05, 0) is 51.5 Å². The predicted molar refractivity (Wildman–Crippen MR) is 76.0 cm³/mol. The molecule has 2 atom stereocenters. The molecule has 0 bridgehead atoms. The second-order valence-electron chi connectivity index (χ2n) is 5.87. The van der Waals surface area contributed by atoms with E-state index in [-0.39, 0.29) is 6.04 Å². The minimum Gasteiger partial charge on any atom is -0.381 e. The molecule has 0 aromatic rings. The van der Waals surface area contributed by atoms with Gasteiger partial charge in [-0.1, -0.05) is 6.92 Å². The van der Waals surface area contributed by atoms with Crippen LogP contribution in [0.15, 0.2) is 0 Å². The maximum Gasteiger partial charge on any atom is 0.239 e. The van der Waals surface area contributed by atoms with Crippen molar-refractivity contribution >= 4 is 5.91 Å². The van der Waals surface area contributed by atoms with E-state index in [1.165, 1.54) is 0 Å². The minimum absolute atomic E-state index is 0.0518. The van der Waals surface area contributed by atoms with Crippen LogP contribution in [0.1, 0.15) is 46.0 Å². The summed E-state index contributed by atoms with van der Waals surface area (Å²) in [6, 6.07) is 0.415. The first-order valence-corrected chi connectivity index (χ1v) is 7.85. The van der Waals surface area contributed by atoms with Gasteiger partial charge in [-0.25, -0.2) is 0 Å². The van der Waals surface area contributed by atoms with Gasteiger partial charge < -0.3 is 15.0 Å². The molecule has 2 saturated heterocycles. The van der Waals surface area contributed by atoms with Crippen LogP contribution >= 0.6 is 0 Å². The number of hydrogen-bond acceptors (Lipinski definition) is 3. The number of hydrogen-bond donors (Lipinski definition) is 1. The predicted octanol–water partition coefficient (Wildman–Crippen LogP) is 1.79. The molecule has 0 aromatic heterocycles. The number of nitrogens with one attached hydrogen (secondary N) is 1. The van der Waals surface area contributed by atoms with E-state index >= 15 is 0 Å². The van der Waals surface area contributed by atoms with E-state index in [4.69, 9.17) is 4.74 Å². The van der Waals surface area contributed by atoms with Crippen LogP contribution in [0.2, 0.25) is 0 Å². The molecule has 110 valence electrons. The Morgan fingerprint density at radius 3 is 2.79 bits per heavy atom. The standard InChI is InChI=1S/C15H28N2O2/c1-3-8-16-14-5-4-9-17(15(14)18)12(2)13-6-10-19-11-7-13/h12-14,16H,3-11H2,1-2H3. The molecule has 1 amide bonds. The first-order chi connectivity index (χ1) is 9.24. The maximum absolute atomic E-state index is 12.5. The van der Waals surface area contributed by atoms with E-state index in [0.29, 0.717) is 17.9 Å². The highest BCUT2D eigenvalue weighted by atomic mass is 16.5. The lowest BCUT2D eigenvalue weighted by atomic mass is 9.90. The molecule has 0 aliphatic carbocycles. The Balaban J connectivity index is 1.92. The highest BCUT2D eigenvalue weighted by Gasteiger charge is 2.34. The third-order valence-corrected chi connectivity index (χ3v) is 4.55. The molecule has 2 unspecified atom stereocenters. The molecule has 2 aliphatic rings. The quantitative estimate of drug-likeness (QED) is 0.826. The van der Waals surface area contributed by atoms with E-state index in [0.717, 1.165) is 58.4 Å². The Hall–Kier alpha value is -0.610. The Labute approximate surface area is 116 Å². The molecule has 0 spiro atoms. The van der Waals surface area contributed by atoms with Crippen LogP contribution in [0.3, 0.4) is 0 Å². The number of rotatable bonds is 5. The van der Waals surface area contributed by atoms with Crippen molar-refractivity contribution in [1.82, 2.24) is 10.2 Å². The van der Waals surface area contributed by atoms with Gasteiger partial charge in [0.2, 0.25) is 5.91 Å². The number of ether oxygens (including phenoxy) is 1. The average molecular weight is 268 g/mol. The molecule has 4 heteroatoms. The van der Waals surface area contributed by atoms with Crippen molar-refractivity contribution in [1.29, 1.82) is 0 Å². The highest BCUT2D eigenvalue weighted by Crippen LogP contribution is 2.25. The largest absolute Gasteiger partial charge is 0.381 e. The summed E-state index contributed by atoms with van der Waals surface area (Å²) in [5, 5.41) is 3.39. The van der Waals surface area contributed by atoms with Crippen molar-refractivity contribution in [3.8, 4) is 0 Å². The summed E-state index contributed by atoms with van der Waals surface area (Å²) in [6.07, 6.45) is 5.39. The van der Waals surface area contributed by atoms with Crippen LogP contribution in [-0.2, 0) is 9.53 Å². The van der Waals surface area contributed by atoms with Gasteiger partial charge in [-0.2, -0.15) is 0 Å². The number of nitrogens with zero attached hydrogens (tertiary/aromatic N) is 1. The Morgan fingerprint density at radius 2 is 2.11 bits per heavy atom. The number of likely N-dealkylation sites (tertiary alicyclic amines) is 1. The Bertz CT molecular complexity index is 290.